The predicted octanol–water partition coefficient (Wildman–Crippen LogP) is 1.65. The molecule has 0 saturated heterocycles. The first-order valence-corrected chi connectivity index (χ1v) is 8.75. The number of hydrogen-bond donors (Lipinski definition) is 4. The molecule has 152 valence electrons. The third-order valence-corrected chi connectivity index (χ3v) is 3.86. The third-order valence-electron chi connectivity index (χ3n) is 3.86. The maximum Gasteiger partial charge on any atom is 0.152 e. The molecule has 8 nitrogen and oxygen atoms in total. The van der Waals surface area contributed by atoms with Gasteiger partial charge in [0.1, 0.15) is 0 Å². The van der Waals surface area contributed by atoms with E-state index in [1.807, 2.05) is 27.7 Å². The largest absolute Gasteiger partial charge is 0.348 e. The molecule has 0 aromatic carbocycles. The quantitative estimate of drug-likeness (QED) is 0.550. The van der Waals surface area contributed by atoms with Crippen molar-refractivity contribution in [3.05, 3.63) is 36.4 Å². The molecule has 0 aliphatic carbocycles. The lowest BCUT2D eigenvalue weighted by Gasteiger charge is -2.11. The predicted molar refractivity (Wildman–Crippen MR) is 107 cm³/mol. The van der Waals surface area contributed by atoms with E-state index in [2.05, 4.69) is 19.9 Å². The third kappa shape index (κ3) is 8.74. The zero-order valence-electron chi connectivity index (χ0n) is 15.9. The fourth-order valence-corrected chi connectivity index (χ4v) is 2.32. The van der Waals surface area contributed by atoms with Gasteiger partial charge in [-0.1, -0.05) is 35.1 Å². The van der Waals surface area contributed by atoms with Gasteiger partial charge in [-0.25, -0.2) is 9.97 Å². The fraction of sp³-hybridized carbons (Fsp3) is 0.579. The molecule has 2 heterocycles. The Morgan fingerprint density at radius 3 is 1.41 bits per heavy atom. The standard InChI is InChI=1S/2C9H15N3O.CH4/c2*1-6(2)9(13)8(10)3-7-4-11-5-12-7;/h2*4-6,8H,3,10H2,1-2H3,(H,11,12);1H4/t2*8-;/m10./s1. The van der Waals surface area contributed by atoms with Crippen LogP contribution in [0.1, 0.15) is 46.5 Å². The van der Waals surface area contributed by atoms with E-state index in [9.17, 15) is 9.59 Å². The van der Waals surface area contributed by atoms with Crippen LogP contribution in [-0.4, -0.2) is 43.6 Å². The van der Waals surface area contributed by atoms with Crippen molar-refractivity contribution in [2.45, 2.75) is 60.0 Å². The van der Waals surface area contributed by atoms with Gasteiger partial charge < -0.3 is 21.4 Å². The Labute approximate surface area is 161 Å². The Hall–Kier alpha value is -2.32. The van der Waals surface area contributed by atoms with Gasteiger partial charge in [0.15, 0.2) is 11.6 Å². The highest BCUT2D eigenvalue weighted by atomic mass is 16.1. The minimum absolute atomic E-state index is 0. The minimum atomic E-state index is -0.416. The highest BCUT2D eigenvalue weighted by Gasteiger charge is 2.18. The number of aromatic amines is 2. The molecule has 0 unspecified atom stereocenters. The Morgan fingerprint density at radius 1 is 0.852 bits per heavy atom. The average Bonchev–Trinajstić information content (AvgIpc) is 3.27. The maximum absolute atomic E-state index is 11.4. The highest BCUT2D eigenvalue weighted by Crippen LogP contribution is 2.04. The van der Waals surface area contributed by atoms with Crippen LogP contribution in [0.4, 0.5) is 0 Å². The number of carbonyl (C=O) groups excluding carboxylic acids is 2. The van der Waals surface area contributed by atoms with Crippen LogP contribution >= 0.6 is 0 Å². The Balaban J connectivity index is 0.000000483. The fourth-order valence-electron chi connectivity index (χ4n) is 2.32. The molecule has 0 bridgehead atoms. The van der Waals surface area contributed by atoms with Gasteiger partial charge >= 0.3 is 0 Å². The molecule has 8 heteroatoms. The lowest BCUT2D eigenvalue weighted by Crippen LogP contribution is -2.35. The lowest BCUT2D eigenvalue weighted by atomic mass is 9.99. The molecule has 0 spiro atoms. The molecule has 2 atom stereocenters. The molecule has 6 N–H and O–H groups in total. The lowest BCUT2D eigenvalue weighted by molar-refractivity contribution is -0.123. The smallest absolute Gasteiger partial charge is 0.152 e. The number of hydrogen-bond acceptors (Lipinski definition) is 6. The van der Waals surface area contributed by atoms with Crippen molar-refractivity contribution in [2.24, 2.45) is 23.3 Å². The van der Waals surface area contributed by atoms with Gasteiger partial charge in [0.05, 0.1) is 24.7 Å². The van der Waals surface area contributed by atoms with E-state index in [0.29, 0.717) is 12.8 Å². The summed E-state index contributed by atoms with van der Waals surface area (Å²) in [7, 11) is 0. The van der Waals surface area contributed by atoms with E-state index in [0.717, 1.165) is 11.4 Å². The van der Waals surface area contributed by atoms with E-state index < -0.39 is 12.1 Å². The summed E-state index contributed by atoms with van der Waals surface area (Å²) in [5.41, 5.74) is 13.2. The van der Waals surface area contributed by atoms with Crippen LogP contribution in [0, 0.1) is 11.8 Å². The summed E-state index contributed by atoms with van der Waals surface area (Å²) in [6.07, 6.45) is 7.62. The van der Waals surface area contributed by atoms with Crippen molar-refractivity contribution in [3.63, 3.8) is 0 Å². The van der Waals surface area contributed by atoms with Crippen molar-refractivity contribution >= 4 is 11.6 Å². The molecule has 0 amide bonds. The summed E-state index contributed by atoms with van der Waals surface area (Å²) in [5.74, 6) is 0.181. The number of aromatic nitrogens is 4. The van der Waals surface area contributed by atoms with Crippen LogP contribution in [-0.2, 0) is 22.4 Å². The first-order chi connectivity index (χ1) is 12.2. The second kappa shape index (κ2) is 12.1. The van der Waals surface area contributed by atoms with E-state index >= 15 is 0 Å². The van der Waals surface area contributed by atoms with E-state index in [-0.39, 0.29) is 30.8 Å². The van der Waals surface area contributed by atoms with Gasteiger partial charge in [0, 0.05) is 48.5 Å². The SMILES string of the molecule is C.CC(C)C(=O)[C@@H](N)Cc1cnc[nH]1.CC(C)C(=O)[C@H](N)Cc1cnc[nH]1. The van der Waals surface area contributed by atoms with E-state index in [1.165, 1.54) is 0 Å². The molecular formula is C19H34N6O2. The van der Waals surface area contributed by atoms with Gasteiger partial charge in [0.25, 0.3) is 0 Å². The number of H-pyrrole nitrogens is 2. The second-order valence-corrected chi connectivity index (χ2v) is 6.89. The number of nitrogens with zero attached hydrogens (tertiary/aromatic N) is 2. The Bertz CT molecular complexity index is 592. The van der Waals surface area contributed by atoms with E-state index in [1.54, 1.807) is 25.0 Å². The molecule has 2 aromatic heterocycles. The number of carbonyl (C=O) groups is 2. The minimum Gasteiger partial charge on any atom is -0.348 e. The molecule has 0 aliphatic rings. The zero-order chi connectivity index (χ0) is 19.7. The van der Waals surface area contributed by atoms with Crippen LogP contribution in [0.15, 0.2) is 25.0 Å². The van der Waals surface area contributed by atoms with Crippen molar-refractivity contribution in [3.8, 4) is 0 Å². The average molecular weight is 379 g/mol. The monoisotopic (exact) mass is 378 g/mol. The number of nitrogens with two attached hydrogens (primary N) is 2. The number of ketones is 2. The van der Waals surface area contributed by atoms with Crippen molar-refractivity contribution in [2.75, 3.05) is 0 Å². The van der Waals surface area contributed by atoms with Gasteiger partial charge in [-0.2, -0.15) is 0 Å². The molecule has 0 fully saturated rings. The van der Waals surface area contributed by atoms with E-state index in [4.69, 9.17) is 11.5 Å². The van der Waals surface area contributed by atoms with Gasteiger partial charge in [-0.15, -0.1) is 0 Å². The summed E-state index contributed by atoms with van der Waals surface area (Å²) in [6.45, 7) is 7.43. The first-order valence-electron chi connectivity index (χ1n) is 8.75. The van der Waals surface area contributed by atoms with Gasteiger partial charge in [0.2, 0.25) is 0 Å². The molecular weight excluding hydrogens is 344 g/mol. The zero-order valence-corrected chi connectivity index (χ0v) is 15.9. The number of Topliss-reactive ketones (excluding diaryl/α,β-unsaturated/α-hetero) is 2. The number of imidazole rings is 2. The summed E-state index contributed by atoms with van der Waals surface area (Å²) in [4.78, 5) is 36.4. The van der Waals surface area contributed by atoms with Crippen LogP contribution in [0.2, 0.25) is 0 Å². The van der Waals surface area contributed by atoms with Gasteiger partial charge in [-0.05, 0) is 0 Å². The molecule has 0 radical (unpaired) electrons. The first kappa shape index (κ1) is 24.7. The van der Waals surface area contributed by atoms with Crippen LogP contribution in [0.3, 0.4) is 0 Å². The summed E-state index contributed by atoms with van der Waals surface area (Å²) >= 11 is 0. The number of nitrogens with one attached hydrogen (secondary N) is 2. The summed E-state index contributed by atoms with van der Waals surface area (Å²) in [6, 6.07) is -0.833. The molecule has 27 heavy (non-hydrogen) atoms. The highest BCUT2D eigenvalue weighted by molar-refractivity contribution is 5.86. The van der Waals surface area contributed by atoms with Gasteiger partial charge in [-0.3, -0.25) is 9.59 Å². The summed E-state index contributed by atoms with van der Waals surface area (Å²) in [5, 5.41) is 0. The summed E-state index contributed by atoms with van der Waals surface area (Å²) < 4.78 is 0. The molecule has 2 aromatic rings. The molecule has 0 saturated carbocycles. The van der Waals surface area contributed by atoms with Crippen LogP contribution in [0.25, 0.3) is 0 Å². The molecule has 0 aliphatic heterocycles. The van der Waals surface area contributed by atoms with Crippen LogP contribution in [0.5, 0.6) is 0 Å². The number of rotatable bonds is 8. The normalized spacial score (nSPS) is 12.7. The van der Waals surface area contributed by atoms with Crippen molar-refractivity contribution in [1.29, 1.82) is 0 Å². The Morgan fingerprint density at radius 2 is 1.19 bits per heavy atom. The molecule has 2 rings (SSSR count). The van der Waals surface area contributed by atoms with Crippen molar-refractivity contribution in [1.82, 2.24) is 19.9 Å². The van der Waals surface area contributed by atoms with Crippen molar-refractivity contribution < 1.29 is 9.59 Å². The second-order valence-electron chi connectivity index (χ2n) is 6.89. The van der Waals surface area contributed by atoms with Crippen LogP contribution < -0.4 is 11.5 Å². The maximum atomic E-state index is 11.4. The Kier molecular flexibility index (Phi) is 11.1. The topological polar surface area (TPSA) is 144 Å².